The second-order valence-corrected chi connectivity index (χ2v) is 8.60. The summed E-state index contributed by atoms with van der Waals surface area (Å²) in [6, 6.07) is 24.2. The van der Waals surface area contributed by atoms with E-state index in [0.29, 0.717) is 12.1 Å². The molecule has 6 heteroatoms. The van der Waals surface area contributed by atoms with Crippen molar-refractivity contribution in [2.45, 2.75) is 23.9 Å². The van der Waals surface area contributed by atoms with E-state index in [1.165, 1.54) is 4.31 Å². The Morgan fingerprint density at radius 1 is 0.821 bits per heavy atom. The van der Waals surface area contributed by atoms with Crippen LogP contribution in [0.5, 0.6) is 0 Å². The van der Waals surface area contributed by atoms with Crippen LogP contribution in [-0.2, 0) is 27.8 Å². The van der Waals surface area contributed by atoms with Crippen molar-refractivity contribution >= 4 is 21.6 Å². The smallest absolute Gasteiger partial charge is 0.244 e. The van der Waals surface area contributed by atoms with Gasteiger partial charge in [0.2, 0.25) is 15.9 Å². The summed E-state index contributed by atoms with van der Waals surface area (Å²) in [5.41, 5.74) is 2.56. The van der Waals surface area contributed by atoms with Gasteiger partial charge in [0.15, 0.2) is 0 Å². The predicted octanol–water partition coefficient (Wildman–Crippen LogP) is 3.44. The molecule has 0 aromatic heterocycles. The monoisotopic (exact) mass is 392 g/mol. The molecule has 0 spiro atoms. The average Bonchev–Trinajstić information content (AvgIpc) is 2.74. The number of fused-ring (bicyclic) bond motifs is 1. The summed E-state index contributed by atoms with van der Waals surface area (Å²) >= 11 is 0. The summed E-state index contributed by atoms with van der Waals surface area (Å²) < 4.78 is 27.9. The van der Waals surface area contributed by atoms with E-state index in [1.807, 2.05) is 42.5 Å². The van der Waals surface area contributed by atoms with Crippen molar-refractivity contribution in [1.82, 2.24) is 4.31 Å². The highest BCUT2D eigenvalue weighted by molar-refractivity contribution is 7.89. The minimum atomic E-state index is -3.82. The molecular formula is C22H20N2O3S. The first-order valence-corrected chi connectivity index (χ1v) is 10.5. The van der Waals surface area contributed by atoms with Crippen molar-refractivity contribution in [2.75, 3.05) is 5.32 Å². The number of nitrogens with one attached hydrogen (secondary N) is 1. The number of carbonyl (C=O) groups is 1. The molecule has 0 fully saturated rings. The number of hydrogen-bond donors (Lipinski definition) is 1. The van der Waals surface area contributed by atoms with Crippen LogP contribution in [0.15, 0.2) is 89.8 Å². The van der Waals surface area contributed by atoms with Gasteiger partial charge < -0.3 is 5.32 Å². The molecule has 4 rings (SSSR count). The van der Waals surface area contributed by atoms with Crippen molar-refractivity contribution in [3.05, 3.63) is 96.1 Å². The van der Waals surface area contributed by atoms with Crippen LogP contribution in [0.1, 0.15) is 11.1 Å². The molecule has 1 atom stereocenters. The standard InChI is InChI=1S/C22H20N2O3S/c25-22(23-19-11-3-1-4-12-19)21-15-17-9-7-8-10-18(17)16-24(21)28(26,27)20-13-5-2-6-14-20/h1-14,21H,15-16H2,(H,23,25)/t21-/m1/s1. The van der Waals surface area contributed by atoms with Gasteiger partial charge in [-0.3, -0.25) is 4.79 Å². The van der Waals surface area contributed by atoms with Gasteiger partial charge in [0, 0.05) is 12.2 Å². The zero-order valence-corrected chi connectivity index (χ0v) is 16.0. The van der Waals surface area contributed by atoms with Gasteiger partial charge in [0.05, 0.1) is 4.90 Å². The Labute approximate surface area is 164 Å². The SMILES string of the molecule is O=C(Nc1ccccc1)[C@H]1Cc2ccccc2CN1S(=O)(=O)c1ccccc1. The third kappa shape index (κ3) is 3.56. The van der Waals surface area contributed by atoms with Crippen molar-refractivity contribution in [2.24, 2.45) is 0 Å². The van der Waals surface area contributed by atoms with Gasteiger partial charge in [-0.25, -0.2) is 8.42 Å². The van der Waals surface area contributed by atoms with Crippen molar-refractivity contribution in [1.29, 1.82) is 0 Å². The second kappa shape index (κ2) is 7.58. The number of sulfonamides is 1. The van der Waals surface area contributed by atoms with E-state index in [4.69, 9.17) is 0 Å². The molecule has 0 radical (unpaired) electrons. The first-order chi connectivity index (χ1) is 13.6. The average molecular weight is 392 g/mol. The van der Waals surface area contributed by atoms with Crippen molar-refractivity contribution < 1.29 is 13.2 Å². The number of para-hydroxylation sites is 1. The molecule has 0 bridgehead atoms. The van der Waals surface area contributed by atoms with Gasteiger partial charge in [-0.1, -0.05) is 60.7 Å². The molecule has 1 heterocycles. The predicted molar refractivity (Wildman–Crippen MR) is 108 cm³/mol. The Morgan fingerprint density at radius 2 is 1.39 bits per heavy atom. The number of anilines is 1. The van der Waals surface area contributed by atoms with Gasteiger partial charge in [0.25, 0.3) is 0 Å². The van der Waals surface area contributed by atoms with Crippen LogP contribution in [0.25, 0.3) is 0 Å². The summed E-state index contributed by atoms with van der Waals surface area (Å²) in [5, 5.41) is 2.85. The maximum Gasteiger partial charge on any atom is 0.244 e. The van der Waals surface area contributed by atoms with Crippen LogP contribution in [0.3, 0.4) is 0 Å². The molecule has 1 aliphatic rings. The molecule has 0 unspecified atom stereocenters. The van der Waals surface area contributed by atoms with E-state index < -0.39 is 16.1 Å². The molecule has 1 aliphatic heterocycles. The third-order valence-corrected chi connectivity index (χ3v) is 6.77. The minimum Gasteiger partial charge on any atom is -0.325 e. The van der Waals surface area contributed by atoms with Gasteiger partial charge in [-0.2, -0.15) is 4.31 Å². The maximum atomic E-state index is 13.3. The Hall–Kier alpha value is -2.96. The van der Waals surface area contributed by atoms with E-state index in [9.17, 15) is 13.2 Å². The highest BCUT2D eigenvalue weighted by Crippen LogP contribution is 2.29. The Balaban J connectivity index is 1.72. The molecule has 1 N–H and O–H groups in total. The Kier molecular flexibility index (Phi) is 4.98. The molecule has 28 heavy (non-hydrogen) atoms. The molecule has 0 saturated heterocycles. The molecule has 142 valence electrons. The van der Waals surface area contributed by atoms with E-state index in [-0.39, 0.29) is 17.3 Å². The number of hydrogen-bond acceptors (Lipinski definition) is 3. The third-order valence-electron chi connectivity index (χ3n) is 4.90. The lowest BCUT2D eigenvalue weighted by molar-refractivity contribution is -0.120. The van der Waals surface area contributed by atoms with E-state index in [0.717, 1.165) is 11.1 Å². The van der Waals surface area contributed by atoms with Crippen LogP contribution in [0.4, 0.5) is 5.69 Å². The zero-order valence-electron chi connectivity index (χ0n) is 15.2. The fourth-order valence-corrected chi connectivity index (χ4v) is 5.04. The molecule has 5 nitrogen and oxygen atoms in total. The summed E-state index contributed by atoms with van der Waals surface area (Å²) in [5.74, 6) is -0.333. The minimum absolute atomic E-state index is 0.167. The topological polar surface area (TPSA) is 66.5 Å². The molecule has 1 amide bonds. The fraction of sp³-hybridized carbons (Fsp3) is 0.136. The van der Waals surface area contributed by atoms with Crippen LogP contribution in [0, 0.1) is 0 Å². The summed E-state index contributed by atoms with van der Waals surface area (Å²) in [7, 11) is -3.82. The summed E-state index contributed by atoms with van der Waals surface area (Å²) in [4.78, 5) is 13.2. The normalized spacial score (nSPS) is 16.9. The highest BCUT2D eigenvalue weighted by Gasteiger charge is 2.39. The van der Waals surface area contributed by atoms with E-state index in [2.05, 4.69) is 5.32 Å². The van der Waals surface area contributed by atoms with E-state index in [1.54, 1.807) is 42.5 Å². The molecule has 3 aromatic rings. The van der Waals surface area contributed by atoms with Gasteiger partial charge in [-0.15, -0.1) is 0 Å². The summed E-state index contributed by atoms with van der Waals surface area (Å²) in [6.45, 7) is 0.167. The number of amides is 1. The van der Waals surface area contributed by atoms with Crippen LogP contribution in [-0.4, -0.2) is 24.7 Å². The first-order valence-electron chi connectivity index (χ1n) is 9.05. The maximum absolute atomic E-state index is 13.3. The number of benzene rings is 3. The van der Waals surface area contributed by atoms with Crippen LogP contribution >= 0.6 is 0 Å². The van der Waals surface area contributed by atoms with Gasteiger partial charge >= 0.3 is 0 Å². The lowest BCUT2D eigenvalue weighted by Crippen LogP contribution is -2.50. The van der Waals surface area contributed by atoms with Crippen molar-refractivity contribution in [3.63, 3.8) is 0 Å². The quantitative estimate of drug-likeness (QED) is 0.740. The fourth-order valence-electron chi connectivity index (χ4n) is 3.45. The Bertz CT molecular complexity index is 1080. The Morgan fingerprint density at radius 3 is 2.07 bits per heavy atom. The molecule has 3 aromatic carbocycles. The summed E-state index contributed by atoms with van der Waals surface area (Å²) in [6.07, 6.45) is 0.334. The van der Waals surface area contributed by atoms with Gasteiger partial charge in [0.1, 0.15) is 6.04 Å². The van der Waals surface area contributed by atoms with Gasteiger partial charge in [-0.05, 0) is 41.8 Å². The van der Waals surface area contributed by atoms with Crippen molar-refractivity contribution in [3.8, 4) is 0 Å². The van der Waals surface area contributed by atoms with E-state index >= 15 is 0 Å². The second-order valence-electron chi connectivity index (χ2n) is 6.71. The van der Waals surface area contributed by atoms with Crippen LogP contribution < -0.4 is 5.32 Å². The zero-order chi connectivity index (χ0) is 19.6. The first kappa shape index (κ1) is 18.4. The lowest BCUT2D eigenvalue weighted by Gasteiger charge is -2.35. The molecular weight excluding hydrogens is 372 g/mol. The van der Waals surface area contributed by atoms with Crippen LogP contribution in [0.2, 0.25) is 0 Å². The number of carbonyl (C=O) groups excluding carboxylic acids is 1. The molecule has 0 saturated carbocycles. The number of rotatable bonds is 4. The number of nitrogens with zero attached hydrogens (tertiary/aromatic N) is 1. The molecule has 0 aliphatic carbocycles. The lowest BCUT2D eigenvalue weighted by atomic mass is 9.95. The largest absolute Gasteiger partial charge is 0.325 e. The highest BCUT2D eigenvalue weighted by atomic mass is 32.2.